The Labute approximate surface area is 176 Å². The number of carbonyl (C=O) groups excluding carboxylic acids is 2. The Morgan fingerprint density at radius 3 is 2.63 bits per heavy atom. The molecule has 0 saturated heterocycles. The molecule has 1 heterocycles. The van der Waals surface area contributed by atoms with E-state index in [2.05, 4.69) is 15.6 Å². The number of benzene rings is 3. The van der Waals surface area contributed by atoms with Crippen molar-refractivity contribution in [1.29, 1.82) is 0 Å². The summed E-state index contributed by atoms with van der Waals surface area (Å²) in [5.74, 6) is -0.570. The topological polar surface area (TPSA) is 123 Å². The summed E-state index contributed by atoms with van der Waals surface area (Å²) in [5.41, 5.74) is 15.0. The second-order valence-corrected chi connectivity index (χ2v) is 7.73. The second kappa shape index (κ2) is 8.22. The number of aromatic nitrogens is 1. The molecule has 150 valence electrons. The summed E-state index contributed by atoms with van der Waals surface area (Å²) in [5, 5.41) is 6.45. The molecule has 0 fully saturated rings. The second-order valence-electron chi connectivity index (χ2n) is 6.70. The van der Waals surface area contributed by atoms with Gasteiger partial charge in [0.1, 0.15) is 5.01 Å². The zero-order valence-corrected chi connectivity index (χ0v) is 16.7. The molecular weight excluding hydrogens is 398 g/mol. The number of anilines is 2. The van der Waals surface area contributed by atoms with E-state index in [0.717, 1.165) is 20.8 Å². The predicted molar refractivity (Wildman–Crippen MR) is 120 cm³/mol. The molecule has 0 radical (unpaired) electrons. The number of rotatable bonds is 5. The number of hydrogen-bond acceptors (Lipinski definition) is 5. The van der Waals surface area contributed by atoms with Gasteiger partial charge in [-0.25, -0.2) is 9.78 Å². The van der Waals surface area contributed by atoms with Crippen molar-refractivity contribution in [3.63, 3.8) is 0 Å². The fourth-order valence-corrected chi connectivity index (χ4v) is 4.01. The highest BCUT2D eigenvalue weighted by molar-refractivity contribution is 7.21. The van der Waals surface area contributed by atoms with E-state index < -0.39 is 5.91 Å². The number of nitrogens with zero attached hydrogens (tertiary/aromatic N) is 1. The molecule has 7 nitrogen and oxygen atoms in total. The first-order valence-corrected chi connectivity index (χ1v) is 10.00. The van der Waals surface area contributed by atoms with Crippen LogP contribution in [0.5, 0.6) is 0 Å². The minimum atomic E-state index is -0.570. The SMILES string of the molecule is NC(=O)c1cc(N)cc(CNC(=O)Nc2cccc(-c3nc4ccccc4s3)c2)c1. The van der Waals surface area contributed by atoms with Crippen LogP contribution in [-0.2, 0) is 6.54 Å². The van der Waals surface area contributed by atoms with Gasteiger partial charge in [-0.2, -0.15) is 0 Å². The molecule has 4 aromatic rings. The minimum Gasteiger partial charge on any atom is -0.399 e. The van der Waals surface area contributed by atoms with Crippen molar-refractivity contribution in [2.45, 2.75) is 6.54 Å². The average Bonchev–Trinajstić information content (AvgIpc) is 3.16. The predicted octanol–water partition coefficient (Wildman–Crippen LogP) is 3.97. The molecule has 0 unspecified atom stereocenters. The van der Waals surface area contributed by atoms with Crippen LogP contribution in [-0.4, -0.2) is 16.9 Å². The number of nitrogens with one attached hydrogen (secondary N) is 2. The lowest BCUT2D eigenvalue weighted by Crippen LogP contribution is -2.28. The largest absolute Gasteiger partial charge is 0.399 e. The maximum absolute atomic E-state index is 12.3. The van der Waals surface area contributed by atoms with E-state index in [-0.39, 0.29) is 12.6 Å². The summed E-state index contributed by atoms with van der Waals surface area (Å²) in [7, 11) is 0. The number of nitrogens with two attached hydrogens (primary N) is 2. The Morgan fingerprint density at radius 1 is 1.00 bits per heavy atom. The fourth-order valence-electron chi connectivity index (χ4n) is 3.05. The highest BCUT2D eigenvalue weighted by Gasteiger charge is 2.09. The summed E-state index contributed by atoms with van der Waals surface area (Å²) >= 11 is 1.60. The third-order valence-electron chi connectivity index (χ3n) is 4.41. The van der Waals surface area contributed by atoms with Crippen molar-refractivity contribution in [1.82, 2.24) is 10.3 Å². The first-order chi connectivity index (χ1) is 14.5. The quantitative estimate of drug-likeness (QED) is 0.367. The Balaban J connectivity index is 1.44. The van der Waals surface area contributed by atoms with Crippen LogP contribution >= 0.6 is 11.3 Å². The van der Waals surface area contributed by atoms with Crippen LogP contribution in [0, 0.1) is 0 Å². The number of urea groups is 1. The van der Waals surface area contributed by atoms with E-state index in [1.54, 1.807) is 23.5 Å². The van der Waals surface area contributed by atoms with Gasteiger partial charge in [0.2, 0.25) is 5.91 Å². The molecule has 0 aliphatic heterocycles. The summed E-state index contributed by atoms with van der Waals surface area (Å²) in [4.78, 5) is 28.3. The van der Waals surface area contributed by atoms with Gasteiger partial charge in [-0.3, -0.25) is 4.79 Å². The van der Waals surface area contributed by atoms with Crippen molar-refractivity contribution in [2.75, 3.05) is 11.1 Å². The van der Waals surface area contributed by atoms with Crippen LogP contribution in [0.15, 0.2) is 66.7 Å². The van der Waals surface area contributed by atoms with E-state index >= 15 is 0 Å². The molecule has 0 spiro atoms. The van der Waals surface area contributed by atoms with Crippen LogP contribution < -0.4 is 22.1 Å². The van der Waals surface area contributed by atoms with Crippen LogP contribution in [0.4, 0.5) is 16.2 Å². The first kappa shape index (κ1) is 19.4. The normalized spacial score (nSPS) is 10.7. The number of amides is 3. The molecule has 0 aliphatic rings. The highest BCUT2D eigenvalue weighted by atomic mass is 32.1. The van der Waals surface area contributed by atoms with Crippen LogP contribution in [0.2, 0.25) is 0 Å². The van der Waals surface area contributed by atoms with Crippen LogP contribution in [0.25, 0.3) is 20.8 Å². The van der Waals surface area contributed by atoms with E-state index in [0.29, 0.717) is 22.5 Å². The van der Waals surface area contributed by atoms with Crippen molar-refractivity contribution >= 4 is 44.9 Å². The van der Waals surface area contributed by atoms with Crippen LogP contribution in [0.3, 0.4) is 0 Å². The number of fused-ring (bicyclic) bond motifs is 1. The van der Waals surface area contributed by atoms with E-state index in [9.17, 15) is 9.59 Å². The zero-order valence-electron chi connectivity index (χ0n) is 15.9. The summed E-state index contributed by atoms with van der Waals surface area (Å²) in [6.07, 6.45) is 0. The number of primary amides is 1. The number of hydrogen-bond donors (Lipinski definition) is 4. The molecule has 0 bridgehead atoms. The Kier molecular flexibility index (Phi) is 5.32. The number of thiazole rings is 1. The fraction of sp³-hybridized carbons (Fsp3) is 0.0455. The average molecular weight is 417 g/mol. The van der Waals surface area contributed by atoms with Crippen molar-refractivity contribution in [2.24, 2.45) is 5.73 Å². The van der Waals surface area contributed by atoms with Crippen LogP contribution in [0.1, 0.15) is 15.9 Å². The first-order valence-electron chi connectivity index (χ1n) is 9.18. The van der Waals surface area contributed by atoms with Crippen molar-refractivity contribution in [3.8, 4) is 10.6 Å². The molecule has 1 aromatic heterocycles. The van der Waals surface area contributed by atoms with E-state index in [4.69, 9.17) is 11.5 Å². The Bertz CT molecular complexity index is 1220. The molecule has 0 atom stereocenters. The van der Waals surface area contributed by atoms with Gasteiger partial charge >= 0.3 is 6.03 Å². The van der Waals surface area contributed by atoms with Gasteiger partial charge in [0, 0.05) is 29.0 Å². The van der Waals surface area contributed by atoms with E-state index in [1.165, 1.54) is 6.07 Å². The minimum absolute atomic E-state index is 0.203. The molecule has 8 heteroatoms. The molecule has 6 N–H and O–H groups in total. The maximum Gasteiger partial charge on any atom is 0.319 e. The standard InChI is InChI=1S/C22H19N5O2S/c23-16-9-13(8-15(10-16)20(24)28)12-25-22(29)26-17-5-3-4-14(11-17)21-27-18-6-1-2-7-19(18)30-21/h1-11H,12,23H2,(H2,24,28)(H2,25,26,29). The number of para-hydroxylation sites is 1. The molecule has 0 aliphatic carbocycles. The highest BCUT2D eigenvalue weighted by Crippen LogP contribution is 2.31. The third kappa shape index (κ3) is 4.39. The van der Waals surface area contributed by atoms with E-state index in [1.807, 2.05) is 48.5 Å². The molecular formula is C22H19N5O2S. The lowest BCUT2D eigenvalue weighted by atomic mass is 10.1. The molecule has 0 saturated carbocycles. The summed E-state index contributed by atoms with van der Waals surface area (Å²) in [6.45, 7) is 0.203. The molecule has 3 amide bonds. The van der Waals surface area contributed by atoms with Gasteiger partial charge in [-0.05, 0) is 48.0 Å². The maximum atomic E-state index is 12.3. The third-order valence-corrected chi connectivity index (χ3v) is 5.50. The van der Waals surface area contributed by atoms with Gasteiger partial charge in [0.15, 0.2) is 0 Å². The lowest BCUT2D eigenvalue weighted by Gasteiger charge is -2.10. The molecule has 4 rings (SSSR count). The zero-order chi connectivity index (χ0) is 21.1. The number of nitrogen functional groups attached to an aromatic ring is 1. The van der Waals surface area contributed by atoms with Crippen molar-refractivity contribution < 1.29 is 9.59 Å². The van der Waals surface area contributed by atoms with Crippen molar-refractivity contribution in [3.05, 3.63) is 77.9 Å². The monoisotopic (exact) mass is 417 g/mol. The Hall–Kier alpha value is -3.91. The smallest absolute Gasteiger partial charge is 0.319 e. The number of carbonyl (C=O) groups is 2. The lowest BCUT2D eigenvalue weighted by molar-refractivity contribution is 0.1000. The van der Waals surface area contributed by atoms with Gasteiger partial charge in [-0.1, -0.05) is 24.3 Å². The Morgan fingerprint density at radius 2 is 1.83 bits per heavy atom. The van der Waals surface area contributed by atoms with Gasteiger partial charge in [-0.15, -0.1) is 11.3 Å². The molecule has 30 heavy (non-hydrogen) atoms. The van der Waals surface area contributed by atoms with Gasteiger partial charge < -0.3 is 22.1 Å². The summed E-state index contributed by atoms with van der Waals surface area (Å²) in [6, 6.07) is 19.9. The van der Waals surface area contributed by atoms with Gasteiger partial charge in [0.05, 0.1) is 10.2 Å². The van der Waals surface area contributed by atoms with Gasteiger partial charge in [0.25, 0.3) is 0 Å². The molecule has 3 aromatic carbocycles. The summed E-state index contributed by atoms with van der Waals surface area (Å²) < 4.78 is 1.11.